The predicted octanol–water partition coefficient (Wildman–Crippen LogP) is 5.45. The predicted molar refractivity (Wildman–Crippen MR) is 118 cm³/mol. The zero-order valence-electron chi connectivity index (χ0n) is 15.6. The topological polar surface area (TPSA) is 59.9 Å². The van der Waals surface area contributed by atoms with E-state index in [1.54, 1.807) is 37.4 Å². The quantitative estimate of drug-likeness (QED) is 0.366. The molecule has 0 heterocycles. The third-order valence-electron chi connectivity index (χ3n) is 4.03. The van der Waals surface area contributed by atoms with Crippen LogP contribution in [0.15, 0.2) is 76.3 Å². The lowest BCUT2D eigenvalue weighted by Gasteiger charge is -2.12. The molecule has 0 saturated heterocycles. The molecule has 0 atom stereocenters. The zero-order valence-corrected chi connectivity index (χ0v) is 17.9. The second-order valence-electron chi connectivity index (χ2n) is 5.97. The molecule has 1 N–H and O–H groups in total. The summed E-state index contributed by atoms with van der Waals surface area (Å²) in [4.78, 5) is 12.2. The molecule has 0 unspecified atom stereocenters. The van der Waals surface area contributed by atoms with Crippen molar-refractivity contribution >= 4 is 39.7 Å². The van der Waals surface area contributed by atoms with Gasteiger partial charge in [-0.15, -0.1) is 0 Å². The molecule has 0 saturated carbocycles. The minimum absolute atomic E-state index is 0.305. The summed E-state index contributed by atoms with van der Waals surface area (Å²) in [6.45, 7) is 0.325. The molecule has 3 aromatic rings. The summed E-state index contributed by atoms with van der Waals surface area (Å²) in [6, 6.07) is 20.0. The van der Waals surface area contributed by atoms with E-state index in [1.807, 2.05) is 36.4 Å². The Labute approximate surface area is 182 Å². The van der Waals surface area contributed by atoms with Gasteiger partial charge in [0.1, 0.15) is 6.61 Å². The van der Waals surface area contributed by atoms with E-state index in [0.717, 1.165) is 11.1 Å². The Kier molecular flexibility index (Phi) is 7.27. The second-order valence-corrected chi connectivity index (χ2v) is 7.23. The standard InChI is InChI=1S/C22H18BrClN2O3/c1-28-21-12-15(13-25-26-22(27)17-7-3-4-8-18(17)23)10-11-20(21)29-14-16-6-2-5-9-19(16)24/h2-13H,14H2,1H3,(H,26,27)/b25-13-. The van der Waals surface area contributed by atoms with Crippen LogP contribution >= 0.6 is 27.5 Å². The molecule has 29 heavy (non-hydrogen) atoms. The highest BCUT2D eigenvalue weighted by atomic mass is 79.9. The largest absolute Gasteiger partial charge is 0.493 e. The van der Waals surface area contributed by atoms with Crippen molar-refractivity contribution in [1.82, 2.24) is 5.43 Å². The van der Waals surface area contributed by atoms with Crippen molar-refractivity contribution in [3.63, 3.8) is 0 Å². The van der Waals surface area contributed by atoms with Crippen molar-refractivity contribution in [2.75, 3.05) is 7.11 Å². The van der Waals surface area contributed by atoms with Gasteiger partial charge in [0.2, 0.25) is 0 Å². The normalized spacial score (nSPS) is 10.7. The maximum Gasteiger partial charge on any atom is 0.272 e. The molecule has 0 fully saturated rings. The first-order valence-electron chi connectivity index (χ1n) is 8.70. The number of amides is 1. The number of hydrogen-bond donors (Lipinski definition) is 1. The van der Waals surface area contributed by atoms with Crippen molar-refractivity contribution in [2.24, 2.45) is 5.10 Å². The Hall–Kier alpha value is -2.83. The van der Waals surface area contributed by atoms with E-state index in [-0.39, 0.29) is 5.91 Å². The molecule has 0 radical (unpaired) electrons. The van der Waals surface area contributed by atoms with Gasteiger partial charge in [-0.05, 0) is 57.9 Å². The molecule has 3 rings (SSSR count). The average Bonchev–Trinajstić information content (AvgIpc) is 2.74. The second kappa shape index (κ2) is 10.1. The van der Waals surface area contributed by atoms with Crippen molar-refractivity contribution in [3.05, 3.63) is 92.9 Å². The van der Waals surface area contributed by atoms with E-state index < -0.39 is 0 Å². The molecule has 0 aromatic heterocycles. The number of ether oxygens (including phenoxy) is 2. The molecule has 0 aliphatic rings. The van der Waals surface area contributed by atoms with E-state index in [0.29, 0.717) is 33.2 Å². The number of methoxy groups -OCH3 is 1. The number of carbonyl (C=O) groups excluding carboxylic acids is 1. The summed E-state index contributed by atoms with van der Waals surface area (Å²) in [7, 11) is 1.56. The highest BCUT2D eigenvalue weighted by molar-refractivity contribution is 9.10. The Morgan fingerprint density at radius 2 is 1.86 bits per heavy atom. The van der Waals surface area contributed by atoms with Gasteiger partial charge in [0, 0.05) is 15.1 Å². The fourth-order valence-corrected chi connectivity index (χ4v) is 3.18. The lowest BCUT2D eigenvalue weighted by Crippen LogP contribution is -2.18. The van der Waals surface area contributed by atoms with Gasteiger partial charge in [-0.1, -0.05) is 41.9 Å². The highest BCUT2D eigenvalue weighted by Crippen LogP contribution is 2.29. The molecular formula is C22H18BrClN2O3. The molecular weight excluding hydrogens is 456 g/mol. The molecule has 3 aromatic carbocycles. The van der Waals surface area contributed by atoms with Crippen LogP contribution in [-0.2, 0) is 6.61 Å². The fraction of sp³-hybridized carbons (Fsp3) is 0.0909. The Morgan fingerprint density at radius 3 is 2.62 bits per heavy atom. The monoisotopic (exact) mass is 472 g/mol. The smallest absolute Gasteiger partial charge is 0.272 e. The van der Waals surface area contributed by atoms with Crippen molar-refractivity contribution in [3.8, 4) is 11.5 Å². The first kappa shape index (κ1) is 20.9. The molecule has 148 valence electrons. The highest BCUT2D eigenvalue weighted by Gasteiger charge is 2.09. The molecule has 1 amide bonds. The summed E-state index contributed by atoms with van der Waals surface area (Å²) < 4.78 is 11.9. The number of nitrogens with one attached hydrogen (secondary N) is 1. The number of hydrogen-bond acceptors (Lipinski definition) is 4. The van der Waals surface area contributed by atoms with Crippen molar-refractivity contribution < 1.29 is 14.3 Å². The van der Waals surface area contributed by atoms with Gasteiger partial charge >= 0.3 is 0 Å². The van der Waals surface area contributed by atoms with Crippen LogP contribution in [0.2, 0.25) is 5.02 Å². The molecule has 0 bridgehead atoms. The van der Waals surface area contributed by atoms with E-state index in [4.69, 9.17) is 21.1 Å². The average molecular weight is 474 g/mol. The van der Waals surface area contributed by atoms with Crippen LogP contribution in [0.1, 0.15) is 21.5 Å². The van der Waals surface area contributed by atoms with Crippen LogP contribution in [0.4, 0.5) is 0 Å². The van der Waals surface area contributed by atoms with Crippen LogP contribution in [0.3, 0.4) is 0 Å². The van der Waals surface area contributed by atoms with E-state index in [1.165, 1.54) is 6.21 Å². The van der Waals surface area contributed by atoms with Crippen molar-refractivity contribution in [2.45, 2.75) is 6.61 Å². The van der Waals surface area contributed by atoms with Gasteiger partial charge in [0.25, 0.3) is 5.91 Å². The van der Waals surface area contributed by atoms with E-state index in [9.17, 15) is 4.79 Å². The molecule has 7 heteroatoms. The zero-order chi connectivity index (χ0) is 20.6. The lowest BCUT2D eigenvalue weighted by atomic mass is 10.2. The van der Waals surface area contributed by atoms with Crippen LogP contribution in [-0.4, -0.2) is 19.2 Å². The first-order chi connectivity index (χ1) is 14.1. The third-order valence-corrected chi connectivity index (χ3v) is 5.09. The molecule has 0 spiro atoms. The Bertz CT molecular complexity index is 1040. The van der Waals surface area contributed by atoms with Gasteiger partial charge in [-0.3, -0.25) is 4.79 Å². The summed E-state index contributed by atoms with van der Waals surface area (Å²) >= 11 is 9.51. The van der Waals surface area contributed by atoms with Gasteiger partial charge in [0.05, 0.1) is 18.9 Å². The lowest BCUT2D eigenvalue weighted by molar-refractivity contribution is 0.0954. The van der Waals surface area contributed by atoms with Gasteiger partial charge in [-0.2, -0.15) is 5.10 Å². The Balaban J connectivity index is 1.65. The number of halogens is 2. The summed E-state index contributed by atoms with van der Waals surface area (Å²) in [5.74, 6) is 0.834. The van der Waals surface area contributed by atoms with Crippen LogP contribution in [0.25, 0.3) is 0 Å². The van der Waals surface area contributed by atoms with E-state index >= 15 is 0 Å². The number of benzene rings is 3. The number of nitrogens with zero attached hydrogens (tertiary/aromatic N) is 1. The number of hydrazone groups is 1. The summed E-state index contributed by atoms with van der Waals surface area (Å²) in [5, 5.41) is 4.66. The summed E-state index contributed by atoms with van der Waals surface area (Å²) in [5.41, 5.74) is 4.65. The SMILES string of the molecule is COc1cc(/C=N\NC(=O)c2ccccc2Br)ccc1OCc1ccccc1Cl. The molecule has 5 nitrogen and oxygen atoms in total. The van der Waals surface area contributed by atoms with Crippen LogP contribution in [0.5, 0.6) is 11.5 Å². The van der Waals surface area contributed by atoms with E-state index in [2.05, 4.69) is 26.5 Å². The molecule has 0 aliphatic carbocycles. The fourth-order valence-electron chi connectivity index (χ4n) is 2.53. The van der Waals surface area contributed by atoms with Gasteiger partial charge in [-0.25, -0.2) is 5.43 Å². The van der Waals surface area contributed by atoms with Crippen LogP contribution in [0, 0.1) is 0 Å². The first-order valence-corrected chi connectivity index (χ1v) is 9.87. The van der Waals surface area contributed by atoms with Gasteiger partial charge < -0.3 is 9.47 Å². The van der Waals surface area contributed by atoms with Crippen LogP contribution < -0.4 is 14.9 Å². The number of rotatable bonds is 7. The minimum Gasteiger partial charge on any atom is -0.493 e. The van der Waals surface area contributed by atoms with Gasteiger partial charge in [0.15, 0.2) is 11.5 Å². The maximum atomic E-state index is 12.2. The maximum absolute atomic E-state index is 12.2. The molecule has 0 aliphatic heterocycles. The van der Waals surface area contributed by atoms with Crippen molar-refractivity contribution in [1.29, 1.82) is 0 Å². The Morgan fingerprint density at radius 1 is 1.10 bits per heavy atom. The summed E-state index contributed by atoms with van der Waals surface area (Å²) in [6.07, 6.45) is 1.54. The number of carbonyl (C=O) groups is 1. The third kappa shape index (κ3) is 5.59. The minimum atomic E-state index is -0.305.